The van der Waals surface area contributed by atoms with Gasteiger partial charge in [0.25, 0.3) is 0 Å². The van der Waals surface area contributed by atoms with Crippen LogP contribution in [0.2, 0.25) is 0 Å². The molecule has 0 nitrogen and oxygen atoms in total. The zero-order valence-corrected chi connectivity index (χ0v) is 13.5. The third kappa shape index (κ3) is 6.29. The minimum absolute atomic E-state index is 0.268. The molecule has 17 heavy (non-hydrogen) atoms. The molecule has 0 rings (SSSR count). The van der Waals surface area contributed by atoms with Gasteiger partial charge >= 0.3 is 0 Å². The normalized spacial score (nSPS) is 15.1. The fourth-order valence-electron chi connectivity index (χ4n) is 2.39. The molecular weight excluding hydrogens is 204 g/mol. The van der Waals surface area contributed by atoms with E-state index in [0.29, 0.717) is 5.41 Å². The lowest BCUT2D eigenvalue weighted by Gasteiger charge is -2.36. The Bertz CT molecular complexity index is 243. The van der Waals surface area contributed by atoms with E-state index in [1.54, 1.807) is 0 Å². The summed E-state index contributed by atoms with van der Waals surface area (Å²) in [5.74, 6) is 1.64. The summed E-state index contributed by atoms with van der Waals surface area (Å²) in [6.45, 7) is 22.8. The van der Waals surface area contributed by atoms with Gasteiger partial charge in [-0.25, -0.2) is 0 Å². The second-order valence-electron chi connectivity index (χ2n) is 7.77. The molecule has 0 aliphatic carbocycles. The molecule has 1 unspecified atom stereocenters. The molecule has 0 heteroatoms. The first-order valence-corrected chi connectivity index (χ1v) is 7.14. The summed E-state index contributed by atoms with van der Waals surface area (Å²) in [5.41, 5.74) is 2.00. The van der Waals surface area contributed by atoms with Gasteiger partial charge in [-0.2, -0.15) is 0 Å². The summed E-state index contributed by atoms with van der Waals surface area (Å²) in [7, 11) is 0. The summed E-state index contributed by atoms with van der Waals surface area (Å²) in [6, 6.07) is 0. The van der Waals surface area contributed by atoms with Crippen molar-refractivity contribution in [2.24, 2.45) is 22.7 Å². The van der Waals surface area contributed by atoms with Crippen LogP contribution in [-0.4, -0.2) is 0 Å². The first-order chi connectivity index (χ1) is 7.48. The van der Waals surface area contributed by atoms with Crippen LogP contribution in [0.15, 0.2) is 12.2 Å². The van der Waals surface area contributed by atoms with Gasteiger partial charge in [0, 0.05) is 0 Å². The number of hydrogen-bond acceptors (Lipinski definition) is 0. The SMILES string of the molecule is C=C(C)C(C)(C)CC(C)(C)CCC(C)C(C)C. The predicted molar refractivity (Wildman–Crippen MR) is 80.2 cm³/mol. The third-order valence-electron chi connectivity index (χ3n) is 4.49. The van der Waals surface area contributed by atoms with Gasteiger partial charge in [-0.15, -0.1) is 0 Å². The lowest BCUT2D eigenvalue weighted by atomic mass is 9.69. The quantitative estimate of drug-likeness (QED) is 0.472. The molecule has 0 aliphatic heterocycles. The lowest BCUT2D eigenvalue weighted by Crippen LogP contribution is -2.24. The van der Waals surface area contributed by atoms with Gasteiger partial charge in [0.2, 0.25) is 0 Å². The van der Waals surface area contributed by atoms with E-state index >= 15 is 0 Å². The zero-order chi connectivity index (χ0) is 13.9. The highest BCUT2D eigenvalue weighted by molar-refractivity contribution is 5.04. The van der Waals surface area contributed by atoms with Crippen LogP contribution in [0, 0.1) is 22.7 Å². The first-order valence-electron chi connectivity index (χ1n) is 7.14. The summed E-state index contributed by atoms with van der Waals surface area (Å²) in [5, 5.41) is 0. The second kappa shape index (κ2) is 6.07. The monoisotopic (exact) mass is 238 g/mol. The summed E-state index contributed by atoms with van der Waals surface area (Å²) in [6.07, 6.45) is 3.90. The van der Waals surface area contributed by atoms with Gasteiger partial charge in [-0.05, 0) is 48.9 Å². The van der Waals surface area contributed by atoms with Crippen LogP contribution in [-0.2, 0) is 0 Å². The van der Waals surface area contributed by atoms with E-state index in [0.717, 1.165) is 11.8 Å². The molecule has 0 N–H and O–H groups in total. The van der Waals surface area contributed by atoms with Crippen LogP contribution in [0.4, 0.5) is 0 Å². The predicted octanol–water partition coefficient (Wildman–Crippen LogP) is 6.08. The maximum absolute atomic E-state index is 4.13. The zero-order valence-electron chi connectivity index (χ0n) is 13.5. The molecular formula is C17H34. The molecule has 0 aliphatic rings. The smallest absolute Gasteiger partial charge is 0.0145 e. The Morgan fingerprint density at radius 2 is 1.53 bits per heavy atom. The highest BCUT2D eigenvalue weighted by atomic mass is 14.3. The molecule has 0 radical (unpaired) electrons. The third-order valence-corrected chi connectivity index (χ3v) is 4.49. The van der Waals surface area contributed by atoms with Crippen LogP contribution in [0.25, 0.3) is 0 Å². The first kappa shape index (κ1) is 16.7. The van der Waals surface area contributed by atoms with Crippen LogP contribution in [0.1, 0.15) is 74.7 Å². The van der Waals surface area contributed by atoms with E-state index in [-0.39, 0.29) is 5.41 Å². The Morgan fingerprint density at radius 1 is 1.06 bits per heavy atom. The minimum Gasteiger partial charge on any atom is -0.0996 e. The maximum atomic E-state index is 4.13. The molecule has 0 fully saturated rings. The molecule has 0 aromatic heterocycles. The van der Waals surface area contributed by atoms with Crippen LogP contribution < -0.4 is 0 Å². The van der Waals surface area contributed by atoms with E-state index in [2.05, 4.69) is 62.0 Å². The molecule has 0 saturated carbocycles. The second-order valence-corrected chi connectivity index (χ2v) is 7.77. The fraction of sp³-hybridized carbons (Fsp3) is 0.882. The van der Waals surface area contributed by atoms with Crippen LogP contribution in [0.5, 0.6) is 0 Å². The Hall–Kier alpha value is -0.260. The molecule has 0 aromatic carbocycles. The average Bonchev–Trinajstić information content (AvgIpc) is 2.12. The standard InChI is InChI=1S/C17H34/c1-13(2)15(5)10-11-16(6,7)12-17(8,9)14(3)4/h13,15H,3,10-12H2,1-2,4-9H3. The molecule has 0 bridgehead atoms. The Balaban J connectivity index is 4.35. The van der Waals surface area contributed by atoms with Crippen molar-refractivity contribution in [3.8, 4) is 0 Å². The molecule has 0 spiro atoms. The highest BCUT2D eigenvalue weighted by Crippen LogP contribution is 2.41. The van der Waals surface area contributed by atoms with Crippen molar-refractivity contribution in [3.63, 3.8) is 0 Å². The van der Waals surface area contributed by atoms with Gasteiger partial charge in [0.1, 0.15) is 0 Å². The van der Waals surface area contributed by atoms with Gasteiger partial charge in [-0.3, -0.25) is 0 Å². The lowest BCUT2D eigenvalue weighted by molar-refractivity contribution is 0.191. The van der Waals surface area contributed by atoms with Crippen molar-refractivity contribution in [1.29, 1.82) is 0 Å². The minimum atomic E-state index is 0.268. The maximum Gasteiger partial charge on any atom is -0.0145 e. The summed E-state index contributed by atoms with van der Waals surface area (Å²) < 4.78 is 0. The molecule has 0 heterocycles. The molecule has 1 atom stereocenters. The highest BCUT2D eigenvalue weighted by Gasteiger charge is 2.29. The Labute approximate surface area is 110 Å². The Kier molecular flexibility index (Phi) is 5.98. The topological polar surface area (TPSA) is 0 Å². The van der Waals surface area contributed by atoms with Crippen molar-refractivity contribution < 1.29 is 0 Å². The van der Waals surface area contributed by atoms with Gasteiger partial charge in [-0.1, -0.05) is 60.6 Å². The van der Waals surface area contributed by atoms with E-state index in [1.807, 2.05) is 0 Å². The summed E-state index contributed by atoms with van der Waals surface area (Å²) in [4.78, 5) is 0. The molecule has 0 saturated heterocycles. The van der Waals surface area contributed by atoms with Crippen molar-refractivity contribution in [2.75, 3.05) is 0 Å². The Morgan fingerprint density at radius 3 is 1.88 bits per heavy atom. The molecule has 0 amide bonds. The number of allylic oxidation sites excluding steroid dienone is 1. The molecule has 102 valence electrons. The van der Waals surface area contributed by atoms with Crippen molar-refractivity contribution in [3.05, 3.63) is 12.2 Å². The van der Waals surface area contributed by atoms with Gasteiger partial charge < -0.3 is 0 Å². The van der Waals surface area contributed by atoms with Crippen molar-refractivity contribution >= 4 is 0 Å². The van der Waals surface area contributed by atoms with E-state index in [9.17, 15) is 0 Å². The molecule has 0 aromatic rings. The average molecular weight is 238 g/mol. The van der Waals surface area contributed by atoms with Crippen molar-refractivity contribution in [2.45, 2.75) is 74.7 Å². The largest absolute Gasteiger partial charge is 0.0996 e. The van der Waals surface area contributed by atoms with E-state index < -0.39 is 0 Å². The van der Waals surface area contributed by atoms with Crippen LogP contribution in [0.3, 0.4) is 0 Å². The van der Waals surface area contributed by atoms with Gasteiger partial charge in [0.05, 0.1) is 0 Å². The van der Waals surface area contributed by atoms with Gasteiger partial charge in [0.15, 0.2) is 0 Å². The summed E-state index contributed by atoms with van der Waals surface area (Å²) >= 11 is 0. The van der Waals surface area contributed by atoms with E-state index in [1.165, 1.54) is 24.8 Å². The number of hydrogen-bond donors (Lipinski definition) is 0. The number of rotatable bonds is 7. The van der Waals surface area contributed by atoms with E-state index in [4.69, 9.17) is 0 Å². The fourth-order valence-corrected chi connectivity index (χ4v) is 2.39. The van der Waals surface area contributed by atoms with Crippen LogP contribution >= 0.6 is 0 Å². The van der Waals surface area contributed by atoms with Crippen molar-refractivity contribution in [1.82, 2.24) is 0 Å².